The van der Waals surface area contributed by atoms with Gasteiger partial charge in [0.15, 0.2) is 0 Å². The molecule has 0 bridgehead atoms. The second-order valence-electron chi connectivity index (χ2n) is 2.37. The molecule has 0 aromatic rings. The highest BCUT2D eigenvalue weighted by atomic mass is 16.5. The Bertz CT molecular complexity index is 178. The first-order chi connectivity index (χ1) is 6.31. The van der Waals surface area contributed by atoms with Crippen LogP contribution in [0.4, 0.5) is 0 Å². The summed E-state index contributed by atoms with van der Waals surface area (Å²) in [7, 11) is 0. The van der Waals surface area contributed by atoms with Gasteiger partial charge >= 0.3 is 5.97 Å². The third-order valence-electron chi connectivity index (χ3n) is 1.32. The molecule has 0 spiro atoms. The van der Waals surface area contributed by atoms with Crippen molar-refractivity contribution in [3.05, 3.63) is 12.2 Å². The zero-order valence-corrected chi connectivity index (χ0v) is 7.79. The second kappa shape index (κ2) is 8.77. The van der Waals surface area contributed by atoms with Gasteiger partial charge in [-0.15, -0.1) is 0 Å². The highest BCUT2D eigenvalue weighted by Crippen LogP contribution is 1.90. The minimum Gasteiger partial charge on any atom is -0.463 e. The number of unbranched alkanes of at least 4 members (excludes halogenated alkanes) is 1. The fourth-order valence-electron chi connectivity index (χ4n) is 0.751. The smallest absolute Gasteiger partial charge is 0.330 e. The van der Waals surface area contributed by atoms with E-state index in [0.717, 1.165) is 12.8 Å². The van der Waals surface area contributed by atoms with Gasteiger partial charge in [-0.3, -0.25) is 4.79 Å². The van der Waals surface area contributed by atoms with Gasteiger partial charge in [0.1, 0.15) is 0 Å². The summed E-state index contributed by atoms with van der Waals surface area (Å²) in [6.45, 7) is 2.80. The molecule has 4 heteroatoms. The maximum absolute atomic E-state index is 10.8. The van der Waals surface area contributed by atoms with Crippen molar-refractivity contribution in [2.75, 3.05) is 13.2 Å². The number of hydrogen-bond acceptors (Lipinski definition) is 3. The molecule has 0 radical (unpaired) electrons. The summed E-state index contributed by atoms with van der Waals surface area (Å²) in [4.78, 5) is 20.6. The molecule has 13 heavy (non-hydrogen) atoms. The van der Waals surface area contributed by atoms with Gasteiger partial charge in [0, 0.05) is 12.6 Å². The molecule has 1 N–H and O–H groups in total. The zero-order chi connectivity index (χ0) is 9.94. The van der Waals surface area contributed by atoms with E-state index in [4.69, 9.17) is 0 Å². The molecule has 0 saturated heterocycles. The molecular formula is C9H15NO3. The molecular weight excluding hydrogens is 170 g/mol. The summed E-state index contributed by atoms with van der Waals surface area (Å²) in [5.41, 5.74) is 0. The zero-order valence-electron chi connectivity index (χ0n) is 7.79. The van der Waals surface area contributed by atoms with E-state index in [1.165, 1.54) is 6.08 Å². The Labute approximate surface area is 78.0 Å². The highest BCUT2D eigenvalue weighted by molar-refractivity contribution is 5.81. The number of allylic oxidation sites excluding steroid dienone is 1. The van der Waals surface area contributed by atoms with Gasteiger partial charge in [0.25, 0.3) is 0 Å². The monoisotopic (exact) mass is 185 g/mol. The summed E-state index contributed by atoms with van der Waals surface area (Å²) < 4.78 is 4.67. The first kappa shape index (κ1) is 11.7. The van der Waals surface area contributed by atoms with Crippen LogP contribution in [0.3, 0.4) is 0 Å². The normalized spacial score (nSPS) is 9.92. The van der Waals surface area contributed by atoms with E-state index in [1.54, 1.807) is 13.0 Å². The van der Waals surface area contributed by atoms with Gasteiger partial charge < -0.3 is 10.1 Å². The maximum Gasteiger partial charge on any atom is 0.330 e. The lowest BCUT2D eigenvalue weighted by molar-refractivity contribution is -0.137. The van der Waals surface area contributed by atoms with Crippen molar-refractivity contribution in [3.8, 4) is 0 Å². The summed E-state index contributed by atoms with van der Waals surface area (Å²) in [6.07, 6.45) is 5.40. The maximum atomic E-state index is 10.8. The highest BCUT2D eigenvalue weighted by Gasteiger charge is 1.91. The lowest BCUT2D eigenvalue weighted by Gasteiger charge is -1.95. The van der Waals surface area contributed by atoms with Crippen LogP contribution in [0.1, 0.15) is 19.8 Å². The van der Waals surface area contributed by atoms with Crippen molar-refractivity contribution in [1.29, 1.82) is 0 Å². The van der Waals surface area contributed by atoms with E-state index >= 15 is 0 Å². The molecule has 0 fully saturated rings. The first-order valence-corrected chi connectivity index (χ1v) is 4.31. The standard InChI is InChI=1S/C9H15NO3/c1-2-13-9(12)6-4-3-5-7-10-8-11/h4,6,8H,2-3,5,7H2,1H3,(H,10,11)/b6-4+. The molecule has 0 heterocycles. The number of amides is 1. The minimum atomic E-state index is -0.314. The van der Waals surface area contributed by atoms with E-state index in [-0.39, 0.29) is 5.97 Å². The first-order valence-electron chi connectivity index (χ1n) is 4.31. The topological polar surface area (TPSA) is 55.4 Å². The van der Waals surface area contributed by atoms with Gasteiger partial charge in [0.05, 0.1) is 6.61 Å². The minimum absolute atomic E-state index is 0.314. The third-order valence-corrected chi connectivity index (χ3v) is 1.32. The fraction of sp³-hybridized carbons (Fsp3) is 0.556. The number of hydrogen-bond donors (Lipinski definition) is 1. The van der Waals surface area contributed by atoms with Crippen molar-refractivity contribution in [1.82, 2.24) is 5.32 Å². The molecule has 0 unspecified atom stereocenters. The van der Waals surface area contributed by atoms with Crippen LogP contribution in [0.15, 0.2) is 12.2 Å². The molecule has 0 aliphatic rings. The number of carbonyl (C=O) groups is 2. The van der Waals surface area contributed by atoms with Crippen molar-refractivity contribution in [2.24, 2.45) is 0 Å². The molecule has 0 aromatic heterocycles. The van der Waals surface area contributed by atoms with Crippen molar-refractivity contribution in [3.63, 3.8) is 0 Å². The van der Waals surface area contributed by atoms with Crippen LogP contribution in [-0.4, -0.2) is 25.5 Å². The van der Waals surface area contributed by atoms with Crippen molar-refractivity contribution in [2.45, 2.75) is 19.8 Å². The van der Waals surface area contributed by atoms with Gasteiger partial charge in [-0.25, -0.2) is 4.79 Å². The number of nitrogens with one attached hydrogen (secondary N) is 1. The van der Waals surface area contributed by atoms with Crippen LogP contribution < -0.4 is 5.32 Å². The molecule has 0 atom stereocenters. The Morgan fingerprint density at radius 1 is 1.54 bits per heavy atom. The van der Waals surface area contributed by atoms with Gasteiger partial charge in [-0.1, -0.05) is 6.08 Å². The molecule has 1 amide bonds. The summed E-state index contributed by atoms with van der Waals surface area (Å²) in [5, 5.41) is 2.53. The van der Waals surface area contributed by atoms with Gasteiger partial charge in [-0.2, -0.15) is 0 Å². The number of rotatable bonds is 7. The predicted octanol–water partition coefficient (Wildman–Crippen LogP) is 0.632. The largest absolute Gasteiger partial charge is 0.463 e. The Morgan fingerprint density at radius 3 is 2.92 bits per heavy atom. The van der Waals surface area contributed by atoms with E-state index in [2.05, 4.69) is 10.1 Å². The van der Waals surface area contributed by atoms with Crippen LogP contribution in [0.2, 0.25) is 0 Å². The van der Waals surface area contributed by atoms with Crippen LogP contribution in [0.25, 0.3) is 0 Å². The van der Waals surface area contributed by atoms with Gasteiger partial charge in [-0.05, 0) is 19.8 Å². The Balaban J connectivity index is 3.29. The average Bonchev–Trinajstić information content (AvgIpc) is 2.11. The number of carbonyl (C=O) groups excluding carboxylic acids is 2. The lowest BCUT2D eigenvalue weighted by atomic mass is 10.3. The second-order valence-corrected chi connectivity index (χ2v) is 2.37. The van der Waals surface area contributed by atoms with E-state index in [9.17, 15) is 9.59 Å². The van der Waals surface area contributed by atoms with Crippen LogP contribution in [0.5, 0.6) is 0 Å². The van der Waals surface area contributed by atoms with Crippen LogP contribution in [0, 0.1) is 0 Å². The number of esters is 1. The quantitative estimate of drug-likeness (QED) is 0.274. The number of ether oxygens (including phenoxy) is 1. The molecule has 0 rings (SSSR count). The molecule has 0 aromatic carbocycles. The Hall–Kier alpha value is -1.32. The predicted molar refractivity (Wildman–Crippen MR) is 49.1 cm³/mol. The van der Waals surface area contributed by atoms with E-state index < -0.39 is 0 Å². The molecule has 0 aliphatic heterocycles. The Kier molecular flexibility index (Phi) is 7.88. The van der Waals surface area contributed by atoms with Crippen LogP contribution in [-0.2, 0) is 14.3 Å². The third kappa shape index (κ3) is 8.59. The summed E-state index contributed by atoms with van der Waals surface area (Å²) >= 11 is 0. The van der Waals surface area contributed by atoms with E-state index in [1.807, 2.05) is 0 Å². The summed E-state index contributed by atoms with van der Waals surface area (Å²) in [5.74, 6) is -0.314. The van der Waals surface area contributed by atoms with Gasteiger partial charge in [0.2, 0.25) is 6.41 Å². The SMILES string of the molecule is CCOC(=O)/C=C/CCCNC=O. The molecule has 0 saturated carbocycles. The fourth-order valence-corrected chi connectivity index (χ4v) is 0.751. The Morgan fingerprint density at radius 2 is 2.31 bits per heavy atom. The molecule has 4 nitrogen and oxygen atoms in total. The van der Waals surface area contributed by atoms with Crippen molar-refractivity contribution < 1.29 is 14.3 Å². The summed E-state index contributed by atoms with van der Waals surface area (Å²) in [6, 6.07) is 0. The van der Waals surface area contributed by atoms with Crippen LogP contribution >= 0.6 is 0 Å². The lowest BCUT2D eigenvalue weighted by Crippen LogP contribution is -2.11. The van der Waals surface area contributed by atoms with Crippen molar-refractivity contribution >= 4 is 12.4 Å². The average molecular weight is 185 g/mol. The van der Waals surface area contributed by atoms with E-state index in [0.29, 0.717) is 19.6 Å². The molecule has 74 valence electrons. The molecule has 0 aliphatic carbocycles.